The molecular formula is C14H14O5. The standard InChI is InChI=1S/C14H14O5/c1-3-18-14(16)13-10(8-15)6-9-4-5-11(17-2)7-12(9)19-13/h4-8,13H,3H2,1-2H3/t13-/m0/s1. The van der Waals surface area contributed by atoms with Gasteiger partial charge in [0.2, 0.25) is 6.10 Å². The van der Waals surface area contributed by atoms with Crippen molar-refractivity contribution in [2.24, 2.45) is 0 Å². The van der Waals surface area contributed by atoms with Crippen LogP contribution < -0.4 is 9.47 Å². The molecule has 1 aliphatic rings. The Bertz CT molecular complexity index is 533. The Kier molecular flexibility index (Phi) is 3.85. The molecule has 0 saturated heterocycles. The third-order valence-corrected chi connectivity index (χ3v) is 2.73. The second-order valence-corrected chi connectivity index (χ2v) is 3.92. The van der Waals surface area contributed by atoms with Gasteiger partial charge < -0.3 is 14.2 Å². The van der Waals surface area contributed by atoms with Crippen LogP contribution in [0.15, 0.2) is 23.8 Å². The minimum Gasteiger partial charge on any atom is -0.497 e. The third-order valence-electron chi connectivity index (χ3n) is 2.73. The first-order chi connectivity index (χ1) is 9.19. The zero-order valence-corrected chi connectivity index (χ0v) is 10.7. The van der Waals surface area contributed by atoms with Crippen LogP contribution in [0.2, 0.25) is 0 Å². The van der Waals surface area contributed by atoms with E-state index in [0.29, 0.717) is 17.8 Å². The van der Waals surface area contributed by atoms with Crippen LogP contribution in [-0.4, -0.2) is 32.1 Å². The van der Waals surface area contributed by atoms with E-state index < -0.39 is 12.1 Å². The first-order valence-electron chi connectivity index (χ1n) is 5.87. The maximum absolute atomic E-state index is 11.8. The molecule has 0 radical (unpaired) electrons. The van der Waals surface area contributed by atoms with Crippen molar-refractivity contribution in [3.8, 4) is 11.5 Å². The molecule has 5 heteroatoms. The maximum Gasteiger partial charge on any atom is 0.352 e. The Labute approximate surface area is 110 Å². The molecular weight excluding hydrogens is 248 g/mol. The molecule has 0 aromatic heterocycles. The number of hydrogen-bond acceptors (Lipinski definition) is 5. The third kappa shape index (κ3) is 2.59. The van der Waals surface area contributed by atoms with Gasteiger partial charge >= 0.3 is 5.97 Å². The summed E-state index contributed by atoms with van der Waals surface area (Å²) in [4.78, 5) is 22.8. The van der Waals surface area contributed by atoms with Crippen LogP contribution in [-0.2, 0) is 14.3 Å². The Morgan fingerprint density at radius 2 is 2.26 bits per heavy atom. The van der Waals surface area contributed by atoms with Gasteiger partial charge in [-0.25, -0.2) is 4.79 Å². The minimum absolute atomic E-state index is 0.232. The second kappa shape index (κ2) is 5.56. The maximum atomic E-state index is 11.8. The predicted molar refractivity (Wildman–Crippen MR) is 68.1 cm³/mol. The molecule has 1 aliphatic heterocycles. The molecule has 1 atom stereocenters. The summed E-state index contributed by atoms with van der Waals surface area (Å²) in [7, 11) is 1.54. The number of carbonyl (C=O) groups is 2. The van der Waals surface area contributed by atoms with E-state index in [1.54, 1.807) is 38.3 Å². The molecule has 19 heavy (non-hydrogen) atoms. The number of fused-ring (bicyclic) bond motifs is 1. The van der Waals surface area contributed by atoms with Crippen molar-refractivity contribution in [3.05, 3.63) is 29.3 Å². The summed E-state index contributed by atoms with van der Waals surface area (Å²) in [6, 6.07) is 5.19. The van der Waals surface area contributed by atoms with Crippen LogP contribution in [0.4, 0.5) is 0 Å². The lowest BCUT2D eigenvalue weighted by atomic mass is 10.0. The van der Waals surface area contributed by atoms with Gasteiger partial charge in [-0.05, 0) is 25.1 Å². The first kappa shape index (κ1) is 13.1. The van der Waals surface area contributed by atoms with Gasteiger partial charge in [0.15, 0.2) is 0 Å². The number of aldehydes is 1. The Morgan fingerprint density at radius 3 is 2.89 bits per heavy atom. The van der Waals surface area contributed by atoms with Gasteiger partial charge in [-0.3, -0.25) is 4.79 Å². The highest BCUT2D eigenvalue weighted by molar-refractivity contribution is 5.95. The van der Waals surface area contributed by atoms with Gasteiger partial charge in [0.25, 0.3) is 0 Å². The van der Waals surface area contributed by atoms with Crippen molar-refractivity contribution in [2.75, 3.05) is 13.7 Å². The highest BCUT2D eigenvalue weighted by atomic mass is 16.6. The second-order valence-electron chi connectivity index (χ2n) is 3.92. The van der Waals surface area contributed by atoms with E-state index in [1.807, 2.05) is 0 Å². The molecule has 0 spiro atoms. The average molecular weight is 262 g/mol. The van der Waals surface area contributed by atoms with E-state index >= 15 is 0 Å². The molecule has 5 nitrogen and oxygen atoms in total. The number of carbonyl (C=O) groups excluding carboxylic acids is 2. The number of ether oxygens (including phenoxy) is 3. The van der Waals surface area contributed by atoms with Gasteiger partial charge in [-0.1, -0.05) is 0 Å². The summed E-state index contributed by atoms with van der Waals surface area (Å²) in [6.45, 7) is 1.93. The number of esters is 1. The minimum atomic E-state index is -1.02. The fourth-order valence-corrected chi connectivity index (χ4v) is 1.81. The summed E-state index contributed by atoms with van der Waals surface area (Å²) in [5.41, 5.74) is 0.972. The van der Waals surface area contributed by atoms with E-state index in [0.717, 1.165) is 5.56 Å². The van der Waals surface area contributed by atoms with Gasteiger partial charge in [0.1, 0.15) is 17.8 Å². The average Bonchev–Trinajstić information content (AvgIpc) is 2.45. The molecule has 100 valence electrons. The van der Waals surface area contributed by atoms with Crippen molar-refractivity contribution in [1.82, 2.24) is 0 Å². The lowest BCUT2D eigenvalue weighted by molar-refractivity contribution is -0.150. The smallest absolute Gasteiger partial charge is 0.352 e. The molecule has 1 aromatic rings. The number of benzene rings is 1. The van der Waals surface area contributed by atoms with Gasteiger partial charge in [0.05, 0.1) is 13.7 Å². The highest BCUT2D eigenvalue weighted by Gasteiger charge is 2.30. The Balaban J connectivity index is 2.36. The van der Waals surface area contributed by atoms with E-state index in [-0.39, 0.29) is 12.2 Å². The van der Waals surface area contributed by atoms with E-state index in [9.17, 15) is 9.59 Å². The van der Waals surface area contributed by atoms with Gasteiger partial charge in [-0.15, -0.1) is 0 Å². The lowest BCUT2D eigenvalue weighted by Gasteiger charge is -2.23. The van der Waals surface area contributed by atoms with Gasteiger partial charge in [0, 0.05) is 17.2 Å². The Morgan fingerprint density at radius 1 is 1.47 bits per heavy atom. The van der Waals surface area contributed by atoms with Crippen LogP contribution in [0.1, 0.15) is 12.5 Å². The Hall–Kier alpha value is -2.30. The number of rotatable bonds is 4. The van der Waals surface area contributed by atoms with Crippen molar-refractivity contribution in [2.45, 2.75) is 13.0 Å². The van der Waals surface area contributed by atoms with Crippen molar-refractivity contribution >= 4 is 18.3 Å². The quantitative estimate of drug-likeness (QED) is 0.609. The van der Waals surface area contributed by atoms with Crippen LogP contribution in [0.5, 0.6) is 11.5 Å². The molecule has 2 rings (SSSR count). The van der Waals surface area contributed by atoms with E-state index in [2.05, 4.69) is 0 Å². The fraction of sp³-hybridized carbons (Fsp3) is 0.286. The summed E-state index contributed by atoms with van der Waals surface area (Å²) in [5, 5.41) is 0. The number of methoxy groups -OCH3 is 1. The lowest BCUT2D eigenvalue weighted by Crippen LogP contribution is -2.33. The molecule has 1 aromatic carbocycles. The molecule has 0 aliphatic carbocycles. The summed E-state index contributed by atoms with van der Waals surface area (Å²) >= 11 is 0. The molecule has 0 unspecified atom stereocenters. The zero-order chi connectivity index (χ0) is 13.8. The molecule has 0 saturated carbocycles. The highest BCUT2D eigenvalue weighted by Crippen LogP contribution is 2.32. The first-order valence-corrected chi connectivity index (χ1v) is 5.87. The molecule has 0 amide bonds. The fourth-order valence-electron chi connectivity index (χ4n) is 1.81. The summed E-state index contributed by atoms with van der Waals surface area (Å²) < 4.78 is 15.5. The van der Waals surface area contributed by atoms with Crippen LogP contribution in [0.3, 0.4) is 0 Å². The number of hydrogen-bond donors (Lipinski definition) is 0. The normalized spacial score (nSPS) is 16.7. The summed E-state index contributed by atoms with van der Waals surface area (Å²) in [5.74, 6) is 0.529. The van der Waals surface area contributed by atoms with Crippen molar-refractivity contribution < 1.29 is 23.8 Å². The zero-order valence-electron chi connectivity index (χ0n) is 10.7. The van der Waals surface area contributed by atoms with Crippen LogP contribution >= 0.6 is 0 Å². The van der Waals surface area contributed by atoms with E-state index in [4.69, 9.17) is 14.2 Å². The largest absolute Gasteiger partial charge is 0.497 e. The molecule has 0 N–H and O–H groups in total. The topological polar surface area (TPSA) is 61.8 Å². The monoisotopic (exact) mass is 262 g/mol. The van der Waals surface area contributed by atoms with Crippen molar-refractivity contribution in [3.63, 3.8) is 0 Å². The van der Waals surface area contributed by atoms with Crippen molar-refractivity contribution in [1.29, 1.82) is 0 Å². The summed E-state index contributed by atoms with van der Waals surface area (Å²) in [6.07, 6.45) is 1.21. The molecule has 1 heterocycles. The molecule has 0 fully saturated rings. The van der Waals surface area contributed by atoms with E-state index in [1.165, 1.54) is 0 Å². The van der Waals surface area contributed by atoms with Crippen LogP contribution in [0.25, 0.3) is 6.08 Å². The SMILES string of the molecule is CCOC(=O)[C@H]1Oc2cc(OC)ccc2C=C1C=O. The predicted octanol–water partition coefficient (Wildman–Crippen LogP) is 1.60. The van der Waals surface area contributed by atoms with Gasteiger partial charge in [-0.2, -0.15) is 0 Å². The molecule has 0 bridgehead atoms. The van der Waals surface area contributed by atoms with Crippen LogP contribution in [0, 0.1) is 0 Å².